The molecule has 2 N–H and O–H groups in total. The molecule has 3 rings (SSSR count). The van der Waals surface area contributed by atoms with Crippen LogP contribution in [0.25, 0.3) is 0 Å². The van der Waals surface area contributed by atoms with Crippen LogP contribution in [0.1, 0.15) is 49.6 Å². The molecule has 0 spiro atoms. The van der Waals surface area contributed by atoms with Gasteiger partial charge < -0.3 is 15.2 Å². The van der Waals surface area contributed by atoms with Crippen LogP contribution in [0.4, 0.5) is 5.69 Å². The number of nitrogen functional groups attached to an aromatic ring is 1. The molecule has 19 heavy (non-hydrogen) atoms. The Morgan fingerprint density at radius 3 is 2.63 bits per heavy atom. The summed E-state index contributed by atoms with van der Waals surface area (Å²) >= 11 is 0. The minimum absolute atomic E-state index is 0.155. The van der Waals surface area contributed by atoms with E-state index >= 15 is 0 Å². The number of piperidine rings is 1. The molecule has 2 atom stereocenters. The molecular weight excluding hydrogens is 238 g/mol. The third-order valence-corrected chi connectivity index (χ3v) is 4.65. The molecule has 1 aliphatic carbocycles. The molecule has 1 saturated heterocycles. The van der Waals surface area contributed by atoms with Crippen molar-refractivity contribution in [1.82, 2.24) is 9.47 Å². The second-order valence-electron chi connectivity index (χ2n) is 6.29. The number of hydrogen-bond acceptors (Lipinski definition) is 2. The van der Waals surface area contributed by atoms with Gasteiger partial charge in [0.25, 0.3) is 5.91 Å². The Hall–Kier alpha value is -1.45. The Morgan fingerprint density at radius 1 is 1.26 bits per heavy atom. The lowest BCUT2D eigenvalue weighted by molar-refractivity contribution is 0.0616. The Balaban J connectivity index is 1.80. The van der Waals surface area contributed by atoms with E-state index in [9.17, 15) is 4.79 Å². The lowest BCUT2D eigenvalue weighted by Crippen LogP contribution is -2.42. The Bertz CT molecular complexity index is 490. The topological polar surface area (TPSA) is 51.3 Å². The van der Waals surface area contributed by atoms with Gasteiger partial charge in [-0.3, -0.25) is 4.79 Å². The van der Waals surface area contributed by atoms with Gasteiger partial charge in [0.2, 0.25) is 0 Å². The van der Waals surface area contributed by atoms with E-state index in [1.807, 2.05) is 17.2 Å². The molecule has 0 aromatic carbocycles. The number of nitrogens with two attached hydrogens (primary N) is 1. The summed E-state index contributed by atoms with van der Waals surface area (Å²) in [6, 6.07) is 2.33. The van der Waals surface area contributed by atoms with Crippen LogP contribution in [-0.2, 0) is 0 Å². The summed E-state index contributed by atoms with van der Waals surface area (Å²) in [6.07, 6.45) is 5.36. The molecular formula is C15H23N3O. The molecule has 0 radical (unpaired) electrons. The van der Waals surface area contributed by atoms with Gasteiger partial charge in [-0.15, -0.1) is 0 Å². The molecule has 1 aromatic rings. The first-order chi connectivity index (χ1) is 9.06. The van der Waals surface area contributed by atoms with Crippen molar-refractivity contribution in [2.45, 2.75) is 39.2 Å². The van der Waals surface area contributed by atoms with E-state index in [-0.39, 0.29) is 5.91 Å². The van der Waals surface area contributed by atoms with Gasteiger partial charge in [0.15, 0.2) is 0 Å². The van der Waals surface area contributed by atoms with Crippen LogP contribution in [0.5, 0.6) is 0 Å². The number of amides is 1. The fourth-order valence-corrected chi connectivity index (χ4v) is 2.94. The van der Waals surface area contributed by atoms with Crippen LogP contribution < -0.4 is 5.73 Å². The number of rotatable bonds is 2. The number of carbonyl (C=O) groups is 1. The van der Waals surface area contributed by atoms with Gasteiger partial charge in [-0.2, -0.15) is 0 Å². The van der Waals surface area contributed by atoms with Crippen LogP contribution in [0.15, 0.2) is 12.3 Å². The van der Waals surface area contributed by atoms with E-state index in [0.29, 0.717) is 23.6 Å². The maximum atomic E-state index is 12.7. The Kier molecular flexibility index (Phi) is 3.03. The molecule has 1 amide bonds. The van der Waals surface area contributed by atoms with E-state index in [1.165, 1.54) is 12.8 Å². The monoisotopic (exact) mass is 261 g/mol. The van der Waals surface area contributed by atoms with Crippen molar-refractivity contribution in [3.05, 3.63) is 18.0 Å². The van der Waals surface area contributed by atoms with Gasteiger partial charge in [0.1, 0.15) is 5.69 Å². The van der Waals surface area contributed by atoms with Gasteiger partial charge >= 0.3 is 0 Å². The van der Waals surface area contributed by atoms with Crippen molar-refractivity contribution >= 4 is 11.6 Å². The lowest BCUT2D eigenvalue weighted by atomic mass is 9.88. The molecule has 2 unspecified atom stereocenters. The van der Waals surface area contributed by atoms with Crippen LogP contribution in [0, 0.1) is 11.8 Å². The van der Waals surface area contributed by atoms with E-state index in [0.717, 1.165) is 25.2 Å². The van der Waals surface area contributed by atoms with E-state index in [1.54, 1.807) is 0 Å². The molecule has 104 valence electrons. The first-order valence-corrected chi connectivity index (χ1v) is 7.33. The predicted octanol–water partition coefficient (Wildman–Crippen LogP) is 2.52. The molecule has 0 bridgehead atoms. The first-order valence-electron chi connectivity index (χ1n) is 7.33. The summed E-state index contributed by atoms with van der Waals surface area (Å²) in [5.41, 5.74) is 7.35. The zero-order valence-corrected chi connectivity index (χ0v) is 11.8. The fourth-order valence-electron chi connectivity index (χ4n) is 2.94. The van der Waals surface area contributed by atoms with E-state index < -0.39 is 0 Å². The average Bonchev–Trinajstić information content (AvgIpc) is 3.15. The zero-order valence-electron chi connectivity index (χ0n) is 11.8. The maximum absolute atomic E-state index is 12.7. The van der Waals surface area contributed by atoms with E-state index in [2.05, 4.69) is 18.4 Å². The quantitative estimate of drug-likeness (QED) is 0.889. The summed E-state index contributed by atoms with van der Waals surface area (Å²) < 4.78 is 2.08. The molecule has 2 heterocycles. The SMILES string of the molecule is CC1CCN(C(=O)c2cc(N)cn2C2CC2)CC1C. The highest BCUT2D eigenvalue weighted by Gasteiger charge is 2.32. The molecule has 1 saturated carbocycles. The minimum atomic E-state index is 0.155. The number of carbonyl (C=O) groups excluding carboxylic acids is 1. The largest absolute Gasteiger partial charge is 0.397 e. The standard InChI is InChI=1S/C15H23N3O/c1-10-5-6-17(8-11(10)2)15(19)14-7-12(16)9-18(14)13-3-4-13/h7,9-11,13H,3-6,8,16H2,1-2H3. The van der Waals surface area contributed by atoms with Crippen molar-refractivity contribution in [2.24, 2.45) is 11.8 Å². The molecule has 4 heteroatoms. The normalized spacial score (nSPS) is 27.6. The van der Waals surface area contributed by atoms with Crippen LogP contribution in [-0.4, -0.2) is 28.5 Å². The van der Waals surface area contributed by atoms with Crippen molar-refractivity contribution in [2.75, 3.05) is 18.8 Å². The van der Waals surface area contributed by atoms with Crippen molar-refractivity contribution in [1.29, 1.82) is 0 Å². The van der Waals surface area contributed by atoms with Crippen LogP contribution >= 0.6 is 0 Å². The van der Waals surface area contributed by atoms with Crippen molar-refractivity contribution < 1.29 is 4.79 Å². The molecule has 2 fully saturated rings. The number of anilines is 1. The van der Waals surface area contributed by atoms with Gasteiger partial charge in [-0.25, -0.2) is 0 Å². The Labute approximate surface area is 114 Å². The molecule has 1 aromatic heterocycles. The number of hydrogen-bond donors (Lipinski definition) is 1. The maximum Gasteiger partial charge on any atom is 0.270 e. The first kappa shape index (κ1) is 12.6. The Morgan fingerprint density at radius 2 is 2.00 bits per heavy atom. The van der Waals surface area contributed by atoms with Gasteiger partial charge in [-0.05, 0) is 37.2 Å². The smallest absolute Gasteiger partial charge is 0.270 e. The number of nitrogens with zero attached hydrogens (tertiary/aromatic N) is 2. The molecule has 1 aliphatic heterocycles. The molecule has 4 nitrogen and oxygen atoms in total. The van der Waals surface area contributed by atoms with Crippen LogP contribution in [0.2, 0.25) is 0 Å². The summed E-state index contributed by atoms with van der Waals surface area (Å²) in [5, 5.41) is 0. The minimum Gasteiger partial charge on any atom is -0.397 e. The number of aromatic nitrogens is 1. The van der Waals surface area contributed by atoms with Crippen molar-refractivity contribution in [3.8, 4) is 0 Å². The highest BCUT2D eigenvalue weighted by molar-refractivity contribution is 5.94. The highest BCUT2D eigenvalue weighted by atomic mass is 16.2. The third-order valence-electron chi connectivity index (χ3n) is 4.65. The second kappa shape index (κ2) is 4.58. The van der Waals surface area contributed by atoms with Gasteiger partial charge in [0.05, 0.1) is 5.69 Å². The van der Waals surface area contributed by atoms with Crippen LogP contribution in [0.3, 0.4) is 0 Å². The highest BCUT2D eigenvalue weighted by Crippen LogP contribution is 2.37. The van der Waals surface area contributed by atoms with Gasteiger partial charge in [-0.1, -0.05) is 13.8 Å². The fraction of sp³-hybridized carbons (Fsp3) is 0.667. The van der Waals surface area contributed by atoms with Gasteiger partial charge in [0, 0.05) is 25.3 Å². The number of likely N-dealkylation sites (tertiary alicyclic amines) is 1. The third kappa shape index (κ3) is 2.36. The summed E-state index contributed by atoms with van der Waals surface area (Å²) in [6.45, 7) is 6.26. The van der Waals surface area contributed by atoms with Crippen molar-refractivity contribution in [3.63, 3.8) is 0 Å². The molecule has 2 aliphatic rings. The summed E-state index contributed by atoms with van der Waals surface area (Å²) in [7, 11) is 0. The summed E-state index contributed by atoms with van der Waals surface area (Å²) in [5.74, 6) is 1.45. The second-order valence-corrected chi connectivity index (χ2v) is 6.29. The predicted molar refractivity (Wildman–Crippen MR) is 76.0 cm³/mol. The summed E-state index contributed by atoms with van der Waals surface area (Å²) in [4.78, 5) is 14.7. The average molecular weight is 261 g/mol. The van der Waals surface area contributed by atoms with E-state index in [4.69, 9.17) is 5.73 Å². The lowest BCUT2D eigenvalue weighted by Gasteiger charge is -2.35. The zero-order chi connectivity index (χ0) is 13.6.